The minimum Gasteiger partial charge on any atom is -0.378 e. The highest BCUT2D eigenvalue weighted by Crippen LogP contribution is 2.26. The van der Waals surface area contributed by atoms with Crippen molar-refractivity contribution in [1.29, 1.82) is 0 Å². The summed E-state index contributed by atoms with van der Waals surface area (Å²) in [6, 6.07) is 23.7. The molecule has 8 heteroatoms. The van der Waals surface area contributed by atoms with Crippen molar-refractivity contribution in [1.82, 2.24) is 10.2 Å². The molecule has 160 valence electrons. The first-order chi connectivity index (χ1) is 15.5. The minimum absolute atomic E-state index is 0.213. The lowest BCUT2D eigenvalue weighted by Crippen LogP contribution is -2.14. The van der Waals surface area contributed by atoms with Crippen molar-refractivity contribution in [2.45, 2.75) is 0 Å². The Hall–Kier alpha value is -4.04. The van der Waals surface area contributed by atoms with Crippen LogP contribution in [-0.4, -0.2) is 36.1 Å². The number of amides is 2. The summed E-state index contributed by atoms with van der Waals surface area (Å²) in [5, 5.41) is 14.9. The van der Waals surface area contributed by atoms with Crippen LogP contribution in [0.1, 0.15) is 20.7 Å². The van der Waals surface area contributed by atoms with Crippen molar-refractivity contribution < 1.29 is 9.59 Å². The molecule has 2 amide bonds. The molecule has 0 atom stereocenters. The van der Waals surface area contributed by atoms with Crippen LogP contribution in [-0.2, 0) is 0 Å². The number of carbonyl (C=O) groups excluding carboxylic acids is 2. The van der Waals surface area contributed by atoms with Gasteiger partial charge in [-0.2, -0.15) is 0 Å². The number of anilines is 3. The maximum absolute atomic E-state index is 12.5. The summed E-state index contributed by atoms with van der Waals surface area (Å²) < 4.78 is 0. The molecule has 4 aromatic rings. The number of aromatic nitrogens is 2. The summed E-state index contributed by atoms with van der Waals surface area (Å²) in [6.45, 7) is 0. The number of benzene rings is 3. The molecule has 0 radical (unpaired) electrons. The second-order valence-corrected chi connectivity index (χ2v) is 8.18. The molecule has 2 N–H and O–H groups in total. The van der Waals surface area contributed by atoms with Gasteiger partial charge >= 0.3 is 0 Å². The number of nitrogens with zero attached hydrogens (tertiary/aromatic N) is 3. The Morgan fingerprint density at radius 1 is 0.750 bits per heavy atom. The average Bonchev–Trinajstić information content (AvgIpc) is 3.28. The highest BCUT2D eigenvalue weighted by Gasteiger charge is 2.12. The summed E-state index contributed by atoms with van der Waals surface area (Å²) in [5.41, 5.74) is 3.58. The molecular formula is C24H21N5O2S. The molecule has 7 nitrogen and oxygen atoms in total. The fraction of sp³-hybridized carbons (Fsp3) is 0.0833. The van der Waals surface area contributed by atoms with Crippen LogP contribution in [0.2, 0.25) is 0 Å². The summed E-state index contributed by atoms with van der Waals surface area (Å²) in [5.74, 6) is -0.507. The van der Waals surface area contributed by atoms with E-state index >= 15 is 0 Å². The quantitative estimate of drug-likeness (QED) is 0.448. The van der Waals surface area contributed by atoms with Crippen LogP contribution >= 0.6 is 11.3 Å². The fourth-order valence-electron chi connectivity index (χ4n) is 2.96. The van der Waals surface area contributed by atoms with Gasteiger partial charge in [-0.3, -0.25) is 14.9 Å². The molecule has 0 spiro atoms. The maximum Gasteiger partial charge on any atom is 0.257 e. The molecular weight excluding hydrogens is 422 g/mol. The van der Waals surface area contributed by atoms with E-state index < -0.39 is 0 Å². The Labute approximate surface area is 189 Å². The van der Waals surface area contributed by atoms with E-state index in [1.165, 1.54) is 11.3 Å². The van der Waals surface area contributed by atoms with Gasteiger partial charge < -0.3 is 10.2 Å². The smallest absolute Gasteiger partial charge is 0.257 e. The van der Waals surface area contributed by atoms with Crippen molar-refractivity contribution in [3.63, 3.8) is 0 Å². The lowest BCUT2D eigenvalue weighted by Gasteiger charge is -2.12. The van der Waals surface area contributed by atoms with Gasteiger partial charge in [0.05, 0.1) is 0 Å². The third kappa shape index (κ3) is 4.98. The third-order valence-electron chi connectivity index (χ3n) is 4.72. The highest BCUT2D eigenvalue weighted by molar-refractivity contribution is 7.18. The van der Waals surface area contributed by atoms with Crippen LogP contribution in [0.25, 0.3) is 10.6 Å². The molecule has 0 saturated heterocycles. The van der Waals surface area contributed by atoms with Crippen LogP contribution < -0.4 is 15.5 Å². The molecule has 0 saturated carbocycles. The van der Waals surface area contributed by atoms with Gasteiger partial charge in [0.1, 0.15) is 5.01 Å². The summed E-state index contributed by atoms with van der Waals surface area (Å²) >= 11 is 1.31. The van der Waals surface area contributed by atoms with E-state index in [1.807, 2.05) is 61.5 Å². The van der Waals surface area contributed by atoms with Gasteiger partial charge in [0.15, 0.2) is 0 Å². The topological polar surface area (TPSA) is 87.2 Å². The van der Waals surface area contributed by atoms with Crippen LogP contribution in [0.4, 0.5) is 16.5 Å². The minimum atomic E-state index is -0.294. The van der Waals surface area contributed by atoms with Gasteiger partial charge in [0, 0.05) is 42.2 Å². The van der Waals surface area contributed by atoms with Crippen LogP contribution in [0.3, 0.4) is 0 Å². The highest BCUT2D eigenvalue weighted by atomic mass is 32.1. The SMILES string of the molecule is CN(C)c1ccc(C(=O)Nc2ccc(C(=O)Nc3nnc(-c4ccccc4)s3)cc2)cc1. The van der Waals surface area contributed by atoms with E-state index in [9.17, 15) is 9.59 Å². The molecule has 1 heterocycles. The van der Waals surface area contributed by atoms with Gasteiger partial charge in [-0.05, 0) is 48.5 Å². The standard InChI is InChI=1S/C24H21N5O2S/c1-29(2)20-14-10-17(11-15-20)21(30)25-19-12-8-16(9-13-19)22(31)26-24-28-27-23(32-24)18-6-4-3-5-7-18/h3-15H,1-2H3,(H,25,30)(H,26,28,31). The van der Waals surface area contributed by atoms with Crippen LogP contribution in [0.15, 0.2) is 78.9 Å². The van der Waals surface area contributed by atoms with Gasteiger partial charge in [-0.15, -0.1) is 10.2 Å². The van der Waals surface area contributed by atoms with E-state index in [0.717, 1.165) is 16.3 Å². The zero-order valence-corrected chi connectivity index (χ0v) is 18.4. The van der Waals surface area contributed by atoms with Gasteiger partial charge in [0.2, 0.25) is 5.13 Å². The largest absolute Gasteiger partial charge is 0.378 e. The van der Waals surface area contributed by atoms with Gasteiger partial charge in [-0.1, -0.05) is 41.7 Å². The average molecular weight is 444 g/mol. The molecule has 4 rings (SSSR count). The molecule has 0 fully saturated rings. The van der Waals surface area contributed by atoms with Crippen molar-refractivity contribution in [2.24, 2.45) is 0 Å². The van der Waals surface area contributed by atoms with Crippen molar-refractivity contribution in [2.75, 3.05) is 29.6 Å². The summed E-state index contributed by atoms with van der Waals surface area (Å²) in [6.07, 6.45) is 0. The van der Waals surface area contributed by atoms with E-state index in [2.05, 4.69) is 20.8 Å². The lowest BCUT2D eigenvalue weighted by atomic mass is 10.1. The third-order valence-corrected chi connectivity index (χ3v) is 5.60. The van der Waals surface area contributed by atoms with Gasteiger partial charge in [-0.25, -0.2) is 0 Å². The number of carbonyl (C=O) groups is 2. The molecule has 0 aliphatic heterocycles. The van der Waals surface area contributed by atoms with E-state index in [1.54, 1.807) is 36.4 Å². The number of hydrogen-bond donors (Lipinski definition) is 2. The summed E-state index contributed by atoms with van der Waals surface area (Å²) in [7, 11) is 3.89. The Balaban J connectivity index is 1.37. The van der Waals surface area contributed by atoms with Crippen molar-refractivity contribution in [3.8, 4) is 10.6 Å². The van der Waals surface area contributed by atoms with E-state index in [4.69, 9.17) is 0 Å². The first kappa shape index (κ1) is 21.2. The molecule has 0 aliphatic carbocycles. The zero-order valence-electron chi connectivity index (χ0n) is 17.6. The first-order valence-corrected chi connectivity index (χ1v) is 10.7. The molecule has 3 aromatic carbocycles. The first-order valence-electron chi connectivity index (χ1n) is 9.89. The number of nitrogens with one attached hydrogen (secondary N) is 2. The molecule has 1 aromatic heterocycles. The van der Waals surface area contributed by atoms with Crippen LogP contribution in [0, 0.1) is 0 Å². The van der Waals surface area contributed by atoms with Crippen molar-refractivity contribution in [3.05, 3.63) is 90.0 Å². The predicted octanol–water partition coefficient (Wildman–Crippen LogP) is 4.78. The fourth-order valence-corrected chi connectivity index (χ4v) is 3.70. The second kappa shape index (κ2) is 9.40. The van der Waals surface area contributed by atoms with Gasteiger partial charge in [0.25, 0.3) is 11.8 Å². The zero-order chi connectivity index (χ0) is 22.5. The Bertz CT molecular complexity index is 1220. The Morgan fingerprint density at radius 3 is 1.97 bits per heavy atom. The number of rotatable bonds is 6. The molecule has 0 unspecified atom stereocenters. The molecule has 0 bridgehead atoms. The predicted molar refractivity (Wildman–Crippen MR) is 128 cm³/mol. The van der Waals surface area contributed by atoms with Crippen molar-refractivity contribution >= 4 is 39.7 Å². The Kier molecular flexibility index (Phi) is 6.23. The normalized spacial score (nSPS) is 10.4. The monoisotopic (exact) mass is 443 g/mol. The molecule has 0 aliphatic rings. The summed E-state index contributed by atoms with van der Waals surface area (Å²) in [4.78, 5) is 27.0. The lowest BCUT2D eigenvalue weighted by molar-refractivity contribution is 0.102. The molecule has 32 heavy (non-hydrogen) atoms. The van der Waals surface area contributed by atoms with E-state index in [0.29, 0.717) is 21.9 Å². The second-order valence-electron chi connectivity index (χ2n) is 7.21. The Morgan fingerprint density at radius 2 is 1.34 bits per heavy atom. The number of hydrogen-bond acceptors (Lipinski definition) is 6. The van der Waals surface area contributed by atoms with Crippen LogP contribution in [0.5, 0.6) is 0 Å². The van der Waals surface area contributed by atoms with E-state index in [-0.39, 0.29) is 11.8 Å². The maximum atomic E-state index is 12.5.